The van der Waals surface area contributed by atoms with Gasteiger partial charge in [0.2, 0.25) is 0 Å². The molecule has 0 N–H and O–H groups in total. The summed E-state index contributed by atoms with van der Waals surface area (Å²) in [5.74, 6) is 0. The Morgan fingerprint density at radius 2 is 1.14 bits per heavy atom. The van der Waals surface area contributed by atoms with Gasteiger partial charge in [-0.05, 0) is 0 Å². The van der Waals surface area contributed by atoms with E-state index in [-0.39, 0.29) is 0 Å². The first-order chi connectivity index (χ1) is 13.8. The summed E-state index contributed by atoms with van der Waals surface area (Å²) in [4.78, 5) is 0. The monoisotopic (exact) mass is 478 g/mol. The van der Waals surface area contributed by atoms with Crippen LogP contribution in [-0.2, 0) is 4.74 Å². The third-order valence-electron chi connectivity index (χ3n) is 5.18. The summed E-state index contributed by atoms with van der Waals surface area (Å²) >= 11 is -3.52. The normalized spacial score (nSPS) is 12.0. The molecule has 144 valence electrons. The van der Waals surface area contributed by atoms with Crippen molar-refractivity contribution in [2.75, 3.05) is 6.61 Å². The Balaban J connectivity index is 2.34. The Morgan fingerprint density at radius 1 is 0.714 bits per heavy atom. The molecule has 0 spiro atoms. The van der Waals surface area contributed by atoms with E-state index in [2.05, 4.69) is 111 Å². The van der Waals surface area contributed by atoms with E-state index in [0.29, 0.717) is 6.61 Å². The van der Waals surface area contributed by atoms with Crippen molar-refractivity contribution in [2.24, 2.45) is 0 Å². The zero-order valence-electron chi connectivity index (χ0n) is 17.0. The topological polar surface area (TPSA) is 9.23 Å². The molecule has 0 saturated carbocycles. The Kier molecular flexibility index (Phi) is 7.79. The summed E-state index contributed by atoms with van der Waals surface area (Å²) < 4.78 is 12.0. The van der Waals surface area contributed by atoms with E-state index in [9.17, 15) is 0 Å². The van der Waals surface area contributed by atoms with Crippen molar-refractivity contribution in [3.8, 4) is 0 Å². The SMILES string of the molecule is CCCC/C=[C](\OCC)[Sn]([c]1ccccc1)([c]1ccccc1)[c]1ccccc1. The van der Waals surface area contributed by atoms with Crippen LogP contribution in [0.25, 0.3) is 0 Å². The molecule has 0 radical (unpaired) electrons. The fourth-order valence-electron chi connectivity index (χ4n) is 3.90. The predicted octanol–water partition coefficient (Wildman–Crippen LogP) is 4.81. The maximum absolute atomic E-state index is 6.47. The summed E-state index contributed by atoms with van der Waals surface area (Å²) in [6.07, 6.45) is 5.85. The van der Waals surface area contributed by atoms with Gasteiger partial charge >= 0.3 is 174 Å². The Hall–Kier alpha value is -2.00. The number of hydrogen-bond donors (Lipinski definition) is 0. The van der Waals surface area contributed by atoms with Gasteiger partial charge in [-0.2, -0.15) is 0 Å². The van der Waals surface area contributed by atoms with Gasteiger partial charge in [0, 0.05) is 0 Å². The van der Waals surface area contributed by atoms with Crippen LogP contribution < -0.4 is 10.7 Å². The van der Waals surface area contributed by atoms with E-state index in [1.165, 1.54) is 27.4 Å². The quantitative estimate of drug-likeness (QED) is 0.244. The molecule has 0 atom stereocenters. The third kappa shape index (κ3) is 4.35. The molecule has 1 nitrogen and oxygen atoms in total. The van der Waals surface area contributed by atoms with Gasteiger partial charge in [0.15, 0.2) is 0 Å². The van der Waals surface area contributed by atoms with Crippen molar-refractivity contribution in [2.45, 2.75) is 33.1 Å². The number of rotatable bonds is 9. The molecule has 0 aliphatic rings. The van der Waals surface area contributed by atoms with Gasteiger partial charge in [0.25, 0.3) is 0 Å². The average molecular weight is 477 g/mol. The van der Waals surface area contributed by atoms with Crippen LogP contribution in [0.1, 0.15) is 33.1 Å². The number of benzene rings is 3. The molecule has 0 heterocycles. The van der Waals surface area contributed by atoms with Crippen molar-refractivity contribution in [3.63, 3.8) is 0 Å². The van der Waals surface area contributed by atoms with Gasteiger partial charge in [0.05, 0.1) is 0 Å². The summed E-state index contributed by atoms with van der Waals surface area (Å²) in [5, 5.41) is 0. The van der Waals surface area contributed by atoms with Gasteiger partial charge in [0.1, 0.15) is 0 Å². The van der Waals surface area contributed by atoms with Crippen molar-refractivity contribution >= 4 is 29.1 Å². The van der Waals surface area contributed by atoms with Gasteiger partial charge in [-0.15, -0.1) is 0 Å². The molecule has 0 unspecified atom stereocenters. The van der Waals surface area contributed by atoms with Crippen LogP contribution in [0, 0.1) is 0 Å². The molecule has 0 amide bonds. The summed E-state index contributed by atoms with van der Waals surface area (Å²) in [5.41, 5.74) is 0. The van der Waals surface area contributed by atoms with Crippen LogP contribution in [0.3, 0.4) is 0 Å². The molecule has 3 aromatic rings. The van der Waals surface area contributed by atoms with E-state index >= 15 is 0 Å². The molecular formula is C26H30OSn. The zero-order chi connectivity index (χ0) is 19.7. The summed E-state index contributed by atoms with van der Waals surface area (Å²) in [6, 6.07) is 33.2. The van der Waals surface area contributed by atoms with Gasteiger partial charge in [-0.25, -0.2) is 0 Å². The van der Waals surface area contributed by atoms with Crippen LogP contribution >= 0.6 is 0 Å². The van der Waals surface area contributed by atoms with E-state index in [1.807, 2.05) is 0 Å². The van der Waals surface area contributed by atoms with Crippen LogP contribution in [0.4, 0.5) is 0 Å². The van der Waals surface area contributed by atoms with Crippen LogP contribution in [0.2, 0.25) is 0 Å². The van der Waals surface area contributed by atoms with Crippen molar-refractivity contribution < 1.29 is 4.74 Å². The molecule has 0 aliphatic heterocycles. The second-order valence-electron chi connectivity index (χ2n) is 6.99. The first-order valence-electron chi connectivity index (χ1n) is 10.3. The minimum atomic E-state index is -3.52. The van der Waals surface area contributed by atoms with Gasteiger partial charge in [-0.3, -0.25) is 0 Å². The maximum atomic E-state index is 6.47. The number of unbranched alkanes of at least 4 members (excludes halogenated alkanes) is 2. The first kappa shape index (κ1) is 20.7. The molecule has 0 aromatic heterocycles. The molecule has 0 bridgehead atoms. The fourth-order valence-corrected chi connectivity index (χ4v) is 17.4. The standard InChI is InChI=1S/C8H15O.3C6H5.Sn/c1-3-5-6-7-8-9-4-2;3*1-2-4-6-5-3-1;/h7H,3-6H2,1-2H3;3*1-5H;. The van der Waals surface area contributed by atoms with E-state index in [1.54, 1.807) is 0 Å². The summed E-state index contributed by atoms with van der Waals surface area (Å²) in [7, 11) is 0. The number of allylic oxidation sites excluding steroid dienone is 1. The van der Waals surface area contributed by atoms with Crippen LogP contribution in [0.15, 0.2) is 101 Å². The number of ether oxygens (including phenoxy) is 1. The second-order valence-corrected chi connectivity index (χ2v) is 17.6. The van der Waals surface area contributed by atoms with Crippen molar-refractivity contribution in [1.82, 2.24) is 0 Å². The Morgan fingerprint density at radius 3 is 1.50 bits per heavy atom. The number of hydrogen-bond acceptors (Lipinski definition) is 1. The fraction of sp³-hybridized carbons (Fsp3) is 0.231. The van der Waals surface area contributed by atoms with Crippen molar-refractivity contribution in [1.29, 1.82) is 0 Å². The Bertz CT molecular complexity index is 760. The zero-order valence-corrected chi connectivity index (χ0v) is 19.8. The van der Waals surface area contributed by atoms with Crippen LogP contribution in [0.5, 0.6) is 0 Å². The van der Waals surface area contributed by atoms with E-state index < -0.39 is 18.4 Å². The Labute approximate surface area is 174 Å². The summed E-state index contributed by atoms with van der Waals surface area (Å²) in [6.45, 7) is 5.05. The van der Waals surface area contributed by atoms with E-state index in [0.717, 1.165) is 6.42 Å². The van der Waals surface area contributed by atoms with Crippen LogP contribution in [-0.4, -0.2) is 25.0 Å². The molecule has 0 saturated heterocycles. The molecule has 2 heteroatoms. The van der Waals surface area contributed by atoms with Gasteiger partial charge in [-0.1, -0.05) is 0 Å². The molecule has 3 aromatic carbocycles. The average Bonchev–Trinajstić information content (AvgIpc) is 2.77. The predicted molar refractivity (Wildman–Crippen MR) is 123 cm³/mol. The third-order valence-corrected chi connectivity index (χ3v) is 18.6. The molecule has 28 heavy (non-hydrogen) atoms. The minimum absolute atomic E-state index is 0.698. The van der Waals surface area contributed by atoms with Crippen molar-refractivity contribution in [3.05, 3.63) is 101 Å². The first-order valence-corrected chi connectivity index (χ1v) is 16.0. The molecule has 0 aliphatic carbocycles. The molecular weight excluding hydrogens is 447 g/mol. The second kappa shape index (κ2) is 10.5. The molecule has 0 fully saturated rings. The van der Waals surface area contributed by atoms with E-state index in [4.69, 9.17) is 4.74 Å². The molecule has 3 rings (SSSR count). The van der Waals surface area contributed by atoms with Gasteiger partial charge < -0.3 is 0 Å².